The zero-order chi connectivity index (χ0) is 14.9. The molecule has 1 aromatic heterocycles. The van der Waals surface area contributed by atoms with E-state index in [2.05, 4.69) is 0 Å². The smallest absolute Gasteiger partial charge is 0.341 e. The summed E-state index contributed by atoms with van der Waals surface area (Å²) in [6.45, 7) is 1.17. The van der Waals surface area contributed by atoms with Gasteiger partial charge in [-0.05, 0) is 19.1 Å². The van der Waals surface area contributed by atoms with Crippen LogP contribution in [0.15, 0.2) is 18.2 Å². The summed E-state index contributed by atoms with van der Waals surface area (Å²) < 4.78 is 5.90. The molecule has 1 amide bonds. The molecule has 0 spiro atoms. The third-order valence-electron chi connectivity index (χ3n) is 2.66. The zero-order valence-electron chi connectivity index (χ0n) is 10.5. The molecule has 0 aliphatic carbocycles. The molecule has 0 saturated heterocycles. The second kappa shape index (κ2) is 5.30. The van der Waals surface area contributed by atoms with Crippen molar-refractivity contribution >= 4 is 39.1 Å². The van der Waals surface area contributed by atoms with E-state index in [1.54, 1.807) is 25.1 Å². The van der Waals surface area contributed by atoms with Gasteiger partial charge in [-0.2, -0.15) is 0 Å². The number of carbonyl (C=O) groups is 3. The number of carbonyl (C=O) groups excluding carboxylic acids is 2. The first-order valence-corrected chi connectivity index (χ1v) is 6.44. The first kappa shape index (κ1) is 14.0. The van der Waals surface area contributed by atoms with Crippen molar-refractivity contribution in [3.05, 3.63) is 28.6 Å². The van der Waals surface area contributed by atoms with E-state index < -0.39 is 24.3 Å². The van der Waals surface area contributed by atoms with Gasteiger partial charge in [-0.25, -0.2) is 4.79 Å². The van der Waals surface area contributed by atoms with Crippen molar-refractivity contribution in [1.82, 2.24) is 0 Å². The van der Waals surface area contributed by atoms with Gasteiger partial charge in [-0.3, -0.25) is 9.59 Å². The number of Topliss-reactive ketones (excluding diaryl/α,β-unsaturated/α-hetero) is 1. The summed E-state index contributed by atoms with van der Waals surface area (Å²) in [7, 11) is 0. The number of hydrogen-bond donors (Lipinski definition) is 2. The number of aliphatic carboxylic acids is 1. The van der Waals surface area contributed by atoms with E-state index in [0.29, 0.717) is 10.3 Å². The minimum absolute atomic E-state index is 0.179. The molecular weight excluding hydrogens is 282 g/mol. The lowest BCUT2D eigenvalue weighted by Crippen LogP contribution is -2.23. The molecule has 0 aliphatic rings. The maximum absolute atomic E-state index is 11.9. The minimum atomic E-state index is -1.13. The topological polar surface area (TPSA) is 107 Å². The number of amides is 1. The number of carboxylic acids is 1. The van der Waals surface area contributed by atoms with Crippen molar-refractivity contribution in [2.45, 2.75) is 6.92 Å². The van der Waals surface area contributed by atoms with Gasteiger partial charge in [0.05, 0.1) is 5.56 Å². The Labute approximate surface area is 117 Å². The number of thiophene rings is 1. The Balaban J connectivity index is 2.62. The van der Waals surface area contributed by atoms with Crippen LogP contribution in [0.1, 0.15) is 15.2 Å². The number of rotatable bonds is 5. The highest BCUT2D eigenvalue weighted by molar-refractivity contribution is 7.19. The number of benzene rings is 1. The highest BCUT2D eigenvalue weighted by Crippen LogP contribution is 2.37. The highest BCUT2D eigenvalue weighted by atomic mass is 32.1. The van der Waals surface area contributed by atoms with Crippen LogP contribution in [0.2, 0.25) is 0 Å². The Kier molecular flexibility index (Phi) is 3.71. The van der Waals surface area contributed by atoms with Crippen LogP contribution in [0.5, 0.6) is 5.75 Å². The summed E-state index contributed by atoms with van der Waals surface area (Å²) in [6.07, 6.45) is 0. The molecule has 1 heterocycles. The standard InChI is InChI=1S/C13H11NO5S/c1-6-10(12(17)13(14)18)11-7(19-5-9(15)16)3-2-4-8(11)20-6/h2-4H,5H2,1H3,(H2,14,18)(H,15,16). The Morgan fingerprint density at radius 2 is 2.05 bits per heavy atom. The molecule has 2 aromatic rings. The Bertz CT molecular complexity index is 719. The number of nitrogens with two attached hydrogens (primary N) is 1. The van der Waals surface area contributed by atoms with Crippen LogP contribution in [0.3, 0.4) is 0 Å². The molecular formula is C13H11NO5S. The average molecular weight is 293 g/mol. The second-order valence-electron chi connectivity index (χ2n) is 4.04. The molecule has 0 aliphatic heterocycles. The molecule has 0 unspecified atom stereocenters. The summed E-state index contributed by atoms with van der Waals surface area (Å²) >= 11 is 1.32. The third kappa shape index (κ3) is 2.48. The van der Waals surface area contributed by atoms with E-state index in [4.69, 9.17) is 15.6 Å². The average Bonchev–Trinajstić information content (AvgIpc) is 2.71. The van der Waals surface area contributed by atoms with E-state index >= 15 is 0 Å². The van der Waals surface area contributed by atoms with E-state index in [-0.39, 0.29) is 11.3 Å². The molecule has 104 valence electrons. The van der Waals surface area contributed by atoms with Crippen LogP contribution in [0.25, 0.3) is 10.1 Å². The Morgan fingerprint density at radius 1 is 1.35 bits per heavy atom. The first-order valence-electron chi connectivity index (χ1n) is 5.62. The van der Waals surface area contributed by atoms with Gasteiger partial charge in [0.2, 0.25) is 0 Å². The van der Waals surface area contributed by atoms with Gasteiger partial charge in [0, 0.05) is 15.0 Å². The van der Waals surface area contributed by atoms with Gasteiger partial charge in [-0.15, -0.1) is 11.3 Å². The summed E-state index contributed by atoms with van der Waals surface area (Å²) in [5.41, 5.74) is 5.22. The Hall–Kier alpha value is -2.41. The van der Waals surface area contributed by atoms with E-state index in [9.17, 15) is 14.4 Å². The fourth-order valence-electron chi connectivity index (χ4n) is 1.89. The van der Waals surface area contributed by atoms with Crippen LogP contribution >= 0.6 is 11.3 Å². The number of aryl methyl sites for hydroxylation is 1. The molecule has 0 atom stereocenters. The lowest BCUT2D eigenvalue weighted by atomic mass is 10.1. The normalized spacial score (nSPS) is 10.4. The van der Waals surface area contributed by atoms with Gasteiger partial charge in [0.25, 0.3) is 11.7 Å². The monoisotopic (exact) mass is 293 g/mol. The summed E-state index contributed by atoms with van der Waals surface area (Å²) in [5.74, 6) is -2.74. The number of primary amides is 1. The fourth-order valence-corrected chi connectivity index (χ4v) is 2.97. The molecule has 7 heteroatoms. The van der Waals surface area contributed by atoms with Crippen molar-refractivity contribution in [3.8, 4) is 5.75 Å². The first-order chi connectivity index (χ1) is 9.41. The lowest BCUT2D eigenvalue weighted by molar-refractivity contribution is -0.139. The molecule has 3 N–H and O–H groups in total. The number of fused-ring (bicyclic) bond motifs is 1. The maximum atomic E-state index is 11.9. The van der Waals surface area contributed by atoms with Crippen molar-refractivity contribution in [2.75, 3.05) is 6.61 Å². The third-order valence-corrected chi connectivity index (χ3v) is 3.73. The largest absolute Gasteiger partial charge is 0.481 e. The maximum Gasteiger partial charge on any atom is 0.341 e. The van der Waals surface area contributed by atoms with Gasteiger partial charge in [0.1, 0.15) is 5.75 Å². The van der Waals surface area contributed by atoms with Gasteiger partial charge >= 0.3 is 5.97 Å². The molecule has 0 saturated carbocycles. The predicted octanol–water partition coefficient (Wildman–Crippen LogP) is 1.34. The number of hydrogen-bond acceptors (Lipinski definition) is 5. The molecule has 0 radical (unpaired) electrons. The van der Waals surface area contributed by atoms with Gasteiger partial charge in [0.15, 0.2) is 6.61 Å². The second-order valence-corrected chi connectivity index (χ2v) is 5.29. The van der Waals surface area contributed by atoms with Gasteiger partial charge in [-0.1, -0.05) is 6.07 Å². The molecule has 1 aromatic carbocycles. The van der Waals surface area contributed by atoms with Crippen molar-refractivity contribution in [3.63, 3.8) is 0 Å². The van der Waals surface area contributed by atoms with E-state index in [1.165, 1.54) is 11.3 Å². The summed E-state index contributed by atoms with van der Waals surface area (Å²) in [4.78, 5) is 34.2. The molecule has 20 heavy (non-hydrogen) atoms. The van der Waals surface area contributed by atoms with E-state index in [0.717, 1.165) is 4.70 Å². The van der Waals surface area contributed by atoms with Crippen LogP contribution in [0.4, 0.5) is 0 Å². The van der Waals surface area contributed by atoms with Crippen molar-refractivity contribution in [2.24, 2.45) is 5.73 Å². The van der Waals surface area contributed by atoms with Crippen molar-refractivity contribution < 1.29 is 24.2 Å². The van der Waals surface area contributed by atoms with Crippen LogP contribution in [0, 0.1) is 6.92 Å². The quantitative estimate of drug-likeness (QED) is 0.639. The summed E-state index contributed by atoms with van der Waals surface area (Å²) in [6, 6.07) is 5.00. The minimum Gasteiger partial charge on any atom is -0.481 e. The Morgan fingerprint density at radius 3 is 2.65 bits per heavy atom. The zero-order valence-corrected chi connectivity index (χ0v) is 11.3. The SMILES string of the molecule is Cc1sc2cccc(OCC(=O)O)c2c1C(=O)C(N)=O. The number of ether oxygens (including phenoxy) is 1. The van der Waals surface area contributed by atoms with Crippen LogP contribution < -0.4 is 10.5 Å². The highest BCUT2D eigenvalue weighted by Gasteiger charge is 2.23. The van der Waals surface area contributed by atoms with E-state index in [1.807, 2.05) is 0 Å². The number of ketones is 1. The fraction of sp³-hybridized carbons (Fsp3) is 0.154. The molecule has 0 bridgehead atoms. The molecule has 2 rings (SSSR count). The molecule has 6 nitrogen and oxygen atoms in total. The van der Waals surface area contributed by atoms with Crippen molar-refractivity contribution in [1.29, 1.82) is 0 Å². The van der Waals surface area contributed by atoms with Crippen LogP contribution in [-0.4, -0.2) is 29.4 Å². The molecule has 0 fully saturated rings. The summed E-state index contributed by atoms with van der Waals surface area (Å²) in [5, 5.41) is 9.09. The van der Waals surface area contributed by atoms with Crippen LogP contribution in [-0.2, 0) is 9.59 Å². The van der Waals surface area contributed by atoms with Gasteiger partial charge < -0.3 is 15.6 Å². The predicted molar refractivity (Wildman–Crippen MR) is 73.2 cm³/mol. The number of carboxylic acid groups (broad SMARTS) is 1. The lowest BCUT2D eigenvalue weighted by Gasteiger charge is -2.06.